The first-order valence-corrected chi connectivity index (χ1v) is 9.66. The predicted octanol–water partition coefficient (Wildman–Crippen LogP) is 4.45. The number of non-ortho nitro benzene ring substituents is 1. The summed E-state index contributed by atoms with van der Waals surface area (Å²) in [5, 5.41) is 10.7. The van der Waals surface area contributed by atoms with Crippen LogP contribution in [0.4, 0.5) is 5.69 Å². The summed E-state index contributed by atoms with van der Waals surface area (Å²) >= 11 is 0. The maximum absolute atomic E-state index is 12.8. The number of benzene rings is 3. The third-order valence-corrected chi connectivity index (χ3v) is 4.89. The zero-order valence-corrected chi connectivity index (χ0v) is 17.6. The molecule has 33 heavy (non-hydrogen) atoms. The first-order valence-electron chi connectivity index (χ1n) is 9.66. The Kier molecular flexibility index (Phi) is 5.77. The van der Waals surface area contributed by atoms with Crippen molar-refractivity contribution in [2.75, 3.05) is 14.2 Å². The van der Waals surface area contributed by atoms with Crippen LogP contribution in [0.1, 0.15) is 26.3 Å². The van der Waals surface area contributed by atoms with Crippen LogP contribution in [-0.2, 0) is 0 Å². The number of nitrogens with zero attached hydrogens (tertiary/aromatic N) is 1. The van der Waals surface area contributed by atoms with Gasteiger partial charge in [0.2, 0.25) is 5.78 Å². The Morgan fingerprint density at radius 1 is 0.970 bits per heavy atom. The SMILES string of the molecule is COc1ccc(OC)c(C=C2Oc3cc(OC(=O)c4ccc([N+](=O)[O-])cc4)ccc3C2=O)c1. The molecule has 3 aromatic rings. The predicted molar refractivity (Wildman–Crippen MR) is 117 cm³/mol. The molecule has 4 rings (SSSR count). The molecule has 0 atom stereocenters. The molecule has 0 saturated carbocycles. The van der Waals surface area contributed by atoms with Crippen molar-refractivity contribution >= 4 is 23.5 Å². The van der Waals surface area contributed by atoms with E-state index in [0.717, 1.165) is 0 Å². The van der Waals surface area contributed by atoms with Gasteiger partial charge in [-0.2, -0.15) is 0 Å². The number of rotatable bonds is 6. The lowest BCUT2D eigenvalue weighted by atomic mass is 10.1. The number of fused-ring (bicyclic) bond motifs is 1. The van der Waals surface area contributed by atoms with E-state index in [1.165, 1.54) is 56.7 Å². The largest absolute Gasteiger partial charge is 0.497 e. The monoisotopic (exact) mass is 447 g/mol. The summed E-state index contributed by atoms with van der Waals surface area (Å²) in [7, 11) is 3.05. The second-order valence-electron chi connectivity index (χ2n) is 6.90. The fourth-order valence-electron chi connectivity index (χ4n) is 3.21. The first-order chi connectivity index (χ1) is 15.9. The highest BCUT2D eigenvalue weighted by atomic mass is 16.6. The van der Waals surface area contributed by atoms with E-state index < -0.39 is 10.9 Å². The summed E-state index contributed by atoms with van der Waals surface area (Å²) in [5.74, 6) is 0.566. The van der Waals surface area contributed by atoms with Gasteiger partial charge in [0.1, 0.15) is 23.0 Å². The summed E-state index contributed by atoms with van der Waals surface area (Å²) in [5.41, 5.74) is 0.919. The zero-order valence-electron chi connectivity index (χ0n) is 17.6. The van der Waals surface area contributed by atoms with Crippen LogP contribution in [0.25, 0.3) is 6.08 Å². The van der Waals surface area contributed by atoms with Crippen LogP contribution in [0.3, 0.4) is 0 Å². The number of methoxy groups -OCH3 is 2. The molecule has 0 radical (unpaired) electrons. The molecular weight excluding hydrogens is 430 g/mol. The van der Waals surface area contributed by atoms with Crippen molar-refractivity contribution in [3.05, 3.63) is 93.2 Å². The van der Waals surface area contributed by atoms with E-state index in [1.807, 2.05) is 0 Å². The number of carbonyl (C=O) groups is 2. The topological polar surface area (TPSA) is 114 Å². The second-order valence-corrected chi connectivity index (χ2v) is 6.90. The molecule has 166 valence electrons. The maximum atomic E-state index is 12.8. The summed E-state index contributed by atoms with van der Waals surface area (Å²) in [6.07, 6.45) is 1.55. The summed E-state index contributed by atoms with van der Waals surface area (Å²) in [4.78, 5) is 35.3. The fraction of sp³-hybridized carbons (Fsp3) is 0.0833. The molecule has 0 amide bonds. The van der Waals surface area contributed by atoms with E-state index in [0.29, 0.717) is 22.6 Å². The van der Waals surface area contributed by atoms with Gasteiger partial charge in [-0.1, -0.05) is 0 Å². The summed E-state index contributed by atoms with van der Waals surface area (Å²) < 4.78 is 21.6. The maximum Gasteiger partial charge on any atom is 0.343 e. The first kappa shape index (κ1) is 21.6. The highest BCUT2D eigenvalue weighted by molar-refractivity contribution is 6.14. The Hall–Kier alpha value is -4.66. The minimum absolute atomic E-state index is 0.0791. The van der Waals surface area contributed by atoms with Crippen LogP contribution in [0.5, 0.6) is 23.0 Å². The molecule has 1 aliphatic heterocycles. The second kappa shape index (κ2) is 8.83. The van der Waals surface area contributed by atoms with Crippen LogP contribution >= 0.6 is 0 Å². The van der Waals surface area contributed by atoms with Gasteiger partial charge >= 0.3 is 5.97 Å². The Morgan fingerprint density at radius 3 is 2.36 bits per heavy atom. The van der Waals surface area contributed by atoms with Gasteiger partial charge in [0.25, 0.3) is 5.69 Å². The third-order valence-electron chi connectivity index (χ3n) is 4.89. The molecule has 0 saturated heterocycles. The molecule has 0 spiro atoms. The Morgan fingerprint density at radius 2 is 1.70 bits per heavy atom. The van der Waals surface area contributed by atoms with Gasteiger partial charge < -0.3 is 18.9 Å². The zero-order chi connectivity index (χ0) is 23.5. The molecule has 9 heteroatoms. The van der Waals surface area contributed by atoms with E-state index in [4.69, 9.17) is 18.9 Å². The van der Waals surface area contributed by atoms with E-state index >= 15 is 0 Å². The van der Waals surface area contributed by atoms with Gasteiger partial charge in [-0.3, -0.25) is 14.9 Å². The Labute approximate surface area is 187 Å². The molecule has 0 aliphatic carbocycles. The van der Waals surface area contributed by atoms with E-state index in [-0.39, 0.29) is 34.3 Å². The van der Waals surface area contributed by atoms with Crippen molar-refractivity contribution in [3.8, 4) is 23.0 Å². The number of allylic oxidation sites excluding steroid dienone is 1. The Bertz CT molecular complexity index is 1290. The smallest absolute Gasteiger partial charge is 0.343 e. The van der Waals surface area contributed by atoms with Crippen molar-refractivity contribution in [1.29, 1.82) is 0 Å². The molecule has 1 aliphatic rings. The van der Waals surface area contributed by atoms with E-state index in [9.17, 15) is 19.7 Å². The number of nitro groups is 1. The van der Waals surface area contributed by atoms with Gasteiger partial charge in [0, 0.05) is 23.8 Å². The van der Waals surface area contributed by atoms with Crippen molar-refractivity contribution in [1.82, 2.24) is 0 Å². The van der Waals surface area contributed by atoms with Crippen LogP contribution in [0.15, 0.2) is 66.4 Å². The average molecular weight is 447 g/mol. The van der Waals surface area contributed by atoms with Crippen LogP contribution in [0.2, 0.25) is 0 Å². The number of carbonyl (C=O) groups excluding carboxylic acids is 2. The fourth-order valence-corrected chi connectivity index (χ4v) is 3.21. The molecule has 0 N–H and O–H groups in total. The van der Waals surface area contributed by atoms with E-state index in [2.05, 4.69) is 0 Å². The molecule has 1 heterocycles. The van der Waals surface area contributed by atoms with Gasteiger partial charge in [-0.05, 0) is 48.5 Å². The summed E-state index contributed by atoms with van der Waals surface area (Å²) in [6.45, 7) is 0. The van der Waals surface area contributed by atoms with Gasteiger partial charge in [-0.25, -0.2) is 4.79 Å². The molecule has 0 fully saturated rings. The number of Topliss-reactive ketones (excluding diaryl/α,β-unsaturated/α-hetero) is 1. The van der Waals surface area contributed by atoms with Gasteiger partial charge in [0.15, 0.2) is 5.76 Å². The Balaban J connectivity index is 1.55. The number of ether oxygens (including phenoxy) is 4. The van der Waals surface area contributed by atoms with E-state index in [1.54, 1.807) is 24.3 Å². The lowest BCUT2D eigenvalue weighted by molar-refractivity contribution is -0.384. The normalized spacial score (nSPS) is 13.3. The van der Waals surface area contributed by atoms with Gasteiger partial charge in [-0.15, -0.1) is 0 Å². The average Bonchev–Trinajstić information content (AvgIpc) is 3.13. The molecule has 3 aromatic carbocycles. The third kappa shape index (κ3) is 4.38. The van der Waals surface area contributed by atoms with Crippen molar-refractivity contribution in [2.45, 2.75) is 0 Å². The number of ketones is 1. The van der Waals surface area contributed by atoms with Crippen LogP contribution < -0.4 is 18.9 Å². The standard InChI is InChI=1S/C24H17NO8/c1-30-17-8-10-20(31-2)15(11-17)12-22-23(26)19-9-7-18(13-21(19)33-22)32-24(27)14-3-5-16(6-4-14)25(28)29/h3-13H,1-2H3. The minimum Gasteiger partial charge on any atom is -0.497 e. The number of hydrogen-bond acceptors (Lipinski definition) is 8. The van der Waals surface area contributed by atoms with Gasteiger partial charge in [0.05, 0.1) is 30.3 Å². The number of esters is 1. The lowest BCUT2D eigenvalue weighted by Crippen LogP contribution is -2.08. The summed E-state index contributed by atoms with van der Waals surface area (Å²) in [6, 6.07) is 14.6. The highest BCUT2D eigenvalue weighted by Crippen LogP contribution is 2.36. The van der Waals surface area contributed by atoms with Crippen molar-refractivity contribution < 1.29 is 33.5 Å². The molecule has 0 bridgehead atoms. The van der Waals surface area contributed by atoms with Crippen LogP contribution in [-0.4, -0.2) is 30.9 Å². The number of hydrogen-bond donors (Lipinski definition) is 0. The van der Waals surface area contributed by atoms with Crippen molar-refractivity contribution in [3.63, 3.8) is 0 Å². The molecule has 9 nitrogen and oxygen atoms in total. The lowest BCUT2D eigenvalue weighted by Gasteiger charge is -2.08. The number of nitro benzene ring substituents is 1. The highest BCUT2D eigenvalue weighted by Gasteiger charge is 2.28. The van der Waals surface area contributed by atoms with Crippen LogP contribution in [0, 0.1) is 10.1 Å². The van der Waals surface area contributed by atoms with Crippen molar-refractivity contribution in [2.24, 2.45) is 0 Å². The quantitative estimate of drug-likeness (QED) is 0.179. The minimum atomic E-state index is -0.703. The molecule has 0 unspecified atom stereocenters. The molecule has 0 aromatic heterocycles. The molecular formula is C24H17NO8.